The van der Waals surface area contributed by atoms with Crippen molar-refractivity contribution in [1.29, 1.82) is 0 Å². The smallest absolute Gasteiger partial charge is 0.256 e. The van der Waals surface area contributed by atoms with Crippen molar-refractivity contribution in [3.63, 3.8) is 0 Å². The van der Waals surface area contributed by atoms with Gasteiger partial charge in [0.15, 0.2) is 5.37 Å². The third-order valence-electron chi connectivity index (χ3n) is 18.2. The Morgan fingerprint density at radius 3 is 1.50 bits per heavy atom. The summed E-state index contributed by atoms with van der Waals surface area (Å²) < 4.78 is 5.55. The van der Waals surface area contributed by atoms with Gasteiger partial charge in [-0.15, -0.1) is 11.8 Å². The van der Waals surface area contributed by atoms with Crippen LogP contribution in [-0.2, 0) is 57.5 Å². The molecule has 11 amide bonds. The van der Waals surface area contributed by atoms with Crippen LogP contribution >= 0.6 is 11.8 Å². The average molecular weight is 1380 g/mol. The van der Waals surface area contributed by atoms with Gasteiger partial charge in [0.2, 0.25) is 59.1 Å². The fourth-order valence-corrected chi connectivity index (χ4v) is 13.3. The Bertz CT molecular complexity index is 2630. The van der Waals surface area contributed by atoms with Crippen molar-refractivity contribution in [3.8, 4) is 0 Å². The van der Waals surface area contributed by atoms with Crippen LogP contribution in [0.1, 0.15) is 163 Å². The molecule has 26 nitrogen and oxygen atoms in total. The SMILES string of the molecule is C/C=C/C[C@@H](C)[C@@H](O)[C@H]1C(=O)N[C@@H](CC)C(=O)N(C)[C@H](SCCCN2CCOCC2)C(=O)N(C)[C@@H](CC(C)(C)O)C(=O)N[C@@H](C(C)C)C(=O)N(C)[C@@H](CC(C)C)C(=O)N[C@@H](C)C(=O)N[C@H](C)C(=O)N(C)[C@@H](CC(C)C)C(=O)N(C)[C@@H](CC(C)C)C(=O)N(C)[C@@H](C(C)C)C(=O)N1C. The van der Waals surface area contributed by atoms with Crippen LogP contribution in [0.5, 0.6) is 0 Å². The number of likely N-dealkylation sites (N-methyl/N-ethyl adjacent to an activating group) is 7. The van der Waals surface area contributed by atoms with Gasteiger partial charge in [0, 0.05) is 68.8 Å². The topological polar surface area (TPSA) is 312 Å². The highest BCUT2D eigenvalue weighted by Crippen LogP contribution is 2.28. The second kappa shape index (κ2) is 39.6. The summed E-state index contributed by atoms with van der Waals surface area (Å²) in [7, 11) is 9.87. The number of aliphatic hydroxyl groups excluding tert-OH is 1. The average Bonchev–Trinajstić information content (AvgIpc) is 0.812. The van der Waals surface area contributed by atoms with Crippen molar-refractivity contribution in [2.45, 2.75) is 240 Å². The van der Waals surface area contributed by atoms with Crippen molar-refractivity contribution < 1.29 is 67.7 Å². The number of morpholine rings is 1. The monoisotopic (exact) mass is 1380 g/mol. The molecule has 2 saturated heterocycles. The zero-order valence-electron chi connectivity index (χ0n) is 62.5. The molecule has 2 aliphatic heterocycles. The van der Waals surface area contributed by atoms with Gasteiger partial charge < -0.3 is 70.5 Å². The molecule has 0 aromatic carbocycles. The molecule has 0 radical (unpaired) electrons. The molecule has 0 spiro atoms. The zero-order valence-corrected chi connectivity index (χ0v) is 63.3. The van der Waals surface area contributed by atoms with Crippen molar-refractivity contribution in [2.24, 2.45) is 35.5 Å². The van der Waals surface area contributed by atoms with Crippen LogP contribution in [0.4, 0.5) is 0 Å². The van der Waals surface area contributed by atoms with Gasteiger partial charge in [-0.3, -0.25) is 57.6 Å². The first kappa shape index (κ1) is 86.2. The molecule has 13 atom stereocenters. The molecule has 2 rings (SSSR count). The third kappa shape index (κ3) is 24.8. The fourth-order valence-electron chi connectivity index (χ4n) is 12.2. The molecular formula is C69H124N12O14S. The van der Waals surface area contributed by atoms with E-state index in [0.717, 1.165) is 21.6 Å². The summed E-state index contributed by atoms with van der Waals surface area (Å²) >= 11 is 1.14. The van der Waals surface area contributed by atoms with Crippen molar-refractivity contribution in [1.82, 2.24) is 60.5 Å². The Hall–Kier alpha value is -5.90. The highest BCUT2D eigenvalue weighted by molar-refractivity contribution is 8.00. The number of nitrogens with one attached hydrogen (secondary N) is 4. The lowest BCUT2D eigenvalue weighted by Crippen LogP contribution is -2.64. The lowest BCUT2D eigenvalue weighted by molar-refractivity contribution is -0.157. The number of carbonyl (C=O) groups is 11. The molecule has 2 fully saturated rings. The van der Waals surface area contributed by atoms with Crippen LogP contribution < -0.4 is 21.3 Å². The van der Waals surface area contributed by atoms with Gasteiger partial charge in [0.1, 0.15) is 60.4 Å². The third-order valence-corrected chi connectivity index (χ3v) is 19.5. The van der Waals surface area contributed by atoms with Crippen LogP contribution in [-0.4, -0.2) is 280 Å². The van der Waals surface area contributed by atoms with Gasteiger partial charge in [-0.2, -0.15) is 0 Å². The summed E-state index contributed by atoms with van der Waals surface area (Å²) in [5, 5.41) is 33.5. The molecule has 550 valence electrons. The fraction of sp³-hybridized carbons (Fsp3) is 0.812. The van der Waals surface area contributed by atoms with E-state index < -0.39 is 160 Å². The number of ether oxygens (including phenoxy) is 1. The van der Waals surface area contributed by atoms with Crippen molar-refractivity contribution >= 4 is 76.7 Å². The van der Waals surface area contributed by atoms with Gasteiger partial charge in [0.05, 0.1) is 24.9 Å². The van der Waals surface area contributed by atoms with E-state index in [1.165, 1.54) is 102 Å². The number of rotatable bonds is 20. The highest BCUT2D eigenvalue weighted by atomic mass is 32.2. The first-order valence-electron chi connectivity index (χ1n) is 34.5. The van der Waals surface area contributed by atoms with Crippen LogP contribution in [0.2, 0.25) is 0 Å². The molecule has 0 saturated carbocycles. The van der Waals surface area contributed by atoms with Gasteiger partial charge in [-0.1, -0.05) is 95.2 Å². The minimum absolute atomic E-state index is 0.0329. The number of hydrogen-bond donors (Lipinski definition) is 6. The molecule has 0 aliphatic carbocycles. The number of amides is 11. The second-order valence-electron chi connectivity index (χ2n) is 29.2. The number of aliphatic hydroxyl groups is 2. The molecule has 2 heterocycles. The molecule has 0 aromatic heterocycles. The Balaban J connectivity index is 3.12. The number of hydrogen-bond acceptors (Lipinski definition) is 16. The Labute approximate surface area is 578 Å². The Kier molecular flexibility index (Phi) is 35.6. The predicted molar refractivity (Wildman–Crippen MR) is 373 cm³/mol. The van der Waals surface area contributed by atoms with Crippen molar-refractivity contribution in [3.05, 3.63) is 12.2 Å². The normalized spacial score (nSPS) is 27.3. The van der Waals surface area contributed by atoms with Crippen LogP contribution in [0.15, 0.2) is 12.2 Å². The standard InChI is InChI=1S/C69H124N12O14S/c1-25-27-29-45(13)56(82)55-60(86)72-48(26-2)62(88)80(24)68(96-35-28-30-81-31-33-95-34-32-81)67(93)77(21)52(39-69(16,17)94)59(85)73-53(43(9)10)65(91)74(18)49(36-40(3)4)58(84)70-46(14)57(83)71-47(15)61(87)75(19)50(37-41(5)6)63(89)76(20)51(38-42(7)8)64(90)78(22)54(44(11)12)66(92)79(55)23/h25,27,40-56,68,82,94H,26,28-39H2,1-24H3,(H,70,84)(H,71,83)(H,72,86)(H,73,85)/b27-25+/t45-,46+,47-,48+,49+,50+,51+,52+,53+,54+,55+,56-,68-/m1/s1. The van der Waals surface area contributed by atoms with Gasteiger partial charge in [-0.25, -0.2) is 0 Å². The lowest BCUT2D eigenvalue weighted by atomic mass is 9.91. The van der Waals surface area contributed by atoms with E-state index in [-0.39, 0.29) is 56.3 Å². The molecular weight excluding hydrogens is 1250 g/mol. The van der Waals surface area contributed by atoms with Crippen LogP contribution in [0, 0.1) is 35.5 Å². The number of carbonyl (C=O) groups excluding carboxylic acids is 11. The molecule has 96 heavy (non-hydrogen) atoms. The maximum absolute atomic E-state index is 15.4. The maximum Gasteiger partial charge on any atom is 0.256 e. The second-order valence-corrected chi connectivity index (χ2v) is 30.4. The largest absolute Gasteiger partial charge is 0.390 e. The van der Waals surface area contributed by atoms with E-state index in [9.17, 15) is 29.4 Å². The summed E-state index contributed by atoms with van der Waals surface area (Å²) in [4.78, 5) is 175. The van der Waals surface area contributed by atoms with Crippen LogP contribution in [0.25, 0.3) is 0 Å². The summed E-state index contributed by atoms with van der Waals surface area (Å²) in [6, 6.07) is -13.1. The molecule has 0 aromatic rings. The Morgan fingerprint density at radius 1 is 0.542 bits per heavy atom. The molecule has 27 heteroatoms. The van der Waals surface area contributed by atoms with E-state index in [2.05, 4.69) is 26.2 Å². The lowest BCUT2D eigenvalue weighted by Gasteiger charge is -2.41. The molecule has 0 bridgehead atoms. The summed E-state index contributed by atoms with van der Waals surface area (Å²) in [5.74, 6) is -10.00. The van der Waals surface area contributed by atoms with Gasteiger partial charge in [-0.05, 0) is 121 Å². The summed E-state index contributed by atoms with van der Waals surface area (Å²) in [6.07, 6.45) is 2.91. The first-order valence-corrected chi connectivity index (χ1v) is 35.6. The molecule has 6 N–H and O–H groups in total. The van der Waals surface area contributed by atoms with E-state index in [0.29, 0.717) is 45.0 Å². The quantitative estimate of drug-likeness (QED) is 0.0753. The Morgan fingerprint density at radius 2 is 1.01 bits per heavy atom. The zero-order chi connectivity index (χ0) is 73.7. The minimum atomic E-state index is -1.66. The molecule has 2 aliphatic rings. The summed E-state index contributed by atoms with van der Waals surface area (Å²) in [6.45, 7) is 32.1. The number of allylic oxidation sites excluding steroid dienone is 2. The molecule has 0 unspecified atom stereocenters. The van der Waals surface area contributed by atoms with Gasteiger partial charge >= 0.3 is 0 Å². The maximum atomic E-state index is 15.4. The highest BCUT2D eigenvalue weighted by Gasteiger charge is 2.47. The van der Waals surface area contributed by atoms with E-state index in [1.54, 1.807) is 60.6 Å². The summed E-state index contributed by atoms with van der Waals surface area (Å²) in [5.41, 5.74) is -1.59. The predicted octanol–water partition coefficient (Wildman–Crippen LogP) is 3.17. The number of nitrogens with zero attached hydrogens (tertiary/aromatic N) is 8. The number of thioether (sulfide) groups is 1. The van der Waals surface area contributed by atoms with Crippen molar-refractivity contribution in [2.75, 3.05) is 87.9 Å². The van der Waals surface area contributed by atoms with Gasteiger partial charge in [0.25, 0.3) is 5.91 Å². The van der Waals surface area contributed by atoms with E-state index in [1.807, 2.05) is 41.5 Å². The van der Waals surface area contributed by atoms with Crippen LogP contribution in [0.3, 0.4) is 0 Å². The van der Waals surface area contributed by atoms with E-state index in [4.69, 9.17) is 4.74 Å². The van der Waals surface area contributed by atoms with E-state index >= 15 is 33.6 Å². The first-order chi connectivity index (χ1) is 44.5. The minimum Gasteiger partial charge on any atom is -0.390 e.